The Morgan fingerprint density at radius 3 is 2.53 bits per heavy atom. The average molecular weight is 247 g/mol. The van der Waals surface area contributed by atoms with E-state index in [4.69, 9.17) is 15.6 Å². The number of hydrogen-bond donors (Lipinski definition) is 4. The Bertz CT molecular complexity index is 282. The van der Waals surface area contributed by atoms with Crippen molar-refractivity contribution in [2.75, 3.05) is 26.8 Å². The van der Waals surface area contributed by atoms with Crippen LogP contribution in [0.2, 0.25) is 0 Å². The van der Waals surface area contributed by atoms with E-state index in [2.05, 4.69) is 10.6 Å². The first-order valence-electron chi connectivity index (χ1n) is 4.97. The number of carbonyl (C=O) groups is 3. The molecule has 0 aliphatic rings. The van der Waals surface area contributed by atoms with Crippen LogP contribution in [0.15, 0.2) is 0 Å². The van der Waals surface area contributed by atoms with Crippen molar-refractivity contribution in [2.24, 2.45) is 5.73 Å². The standard InChI is InChI=1S/C9H17N3O5/c1-17-3-2-11-5-8(14)12-6(9(15)16)4-7(10)13/h6,11H,2-5H2,1H3,(H2,10,13)(H,12,14)(H,15,16). The van der Waals surface area contributed by atoms with E-state index in [0.717, 1.165) is 0 Å². The van der Waals surface area contributed by atoms with Crippen molar-refractivity contribution in [3.63, 3.8) is 0 Å². The van der Waals surface area contributed by atoms with Crippen LogP contribution in [-0.2, 0) is 19.1 Å². The molecule has 0 aliphatic heterocycles. The second-order valence-electron chi connectivity index (χ2n) is 3.30. The van der Waals surface area contributed by atoms with Crippen LogP contribution >= 0.6 is 0 Å². The molecular weight excluding hydrogens is 230 g/mol. The summed E-state index contributed by atoms with van der Waals surface area (Å²) in [4.78, 5) is 32.5. The number of rotatable bonds is 9. The summed E-state index contributed by atoms with van der Waals surface area (Å²) in [7, 11) is 1.52. The lowest BCUT2D eigenvalue weighted by Gasteiger charge is -2.12. The van der Waals surface area contributed by atoms with Gasteiger partial charge in [-0.1, -0.05) is 0 Å². The van der Waals surface area contributed by atoms with Gasteiger partial charge in [0.15, 0.2) is 0 Å². The van der Waals surface area contributed by atoms with E-state index in [-0.39, 0.29) is 6.54 Å². The minimum Gasteiger partial charge on any atom is -0.480 e. The maximum Gasteiger partial charge on any atom is 0.326 e. The fourth-order valence-corrected chi connectivity index (χ4v) is 1.02. The molecule has 0 bridgehead atoms. The topological polar surface area (TPSA) is 131 Å². The van der Waals surface area contributed by atoms with Crippen LogP contribution in [0, 0.1) is 0 Å². The van der Waals surface area contributed by atoms with E-state index in [1.165, 1.54) is 7.11 Å². The van der Waals surface area contributed by atoms with E-state index in [1.807, 2.05) is 0 Å². The molecule has 8 heteroatoms. The third-order valence-corrected chi connectivity index (χ3v) is 1.81. The number of hydrogen-bond acceptors (Lipinski definition) is 5. The summed E-state index contributed by atoms with van der Waals surface area (Å²) in [5.74, 6) is -2.60. The third kappa shape index (κ3) is 8.17. The molecule has 0 fully saturated rings. The molecule has 0 rings (SSSR count). The van der Waals surface area contributed by atoms with Gasteiger partial charge in [0.2, 0.25) is 11.8 Å². The van der Waals surface area contributed by atoms with E-state index in [1.54, 1.807) is 0 Å². The van der Waals surface area contributed by atoms with Crippen molar-refractivity contribution >= 4 is 17.8 Å². The molecular formula is C9H17N3O5. The van der Waals surface area contributed by atoms with Gasteiger partial charge in [0.1, 0.15) is 6.04 Å². The van der Waals surface area contributed by atoms with Gasteiger partial charge in [0.25, 0.3) is 0 Å². The highest BCUT2D eigenvalue weighted by molar-refractivity contribution is 5.88. The van der Waals surface area contributed by atoms with Crippen LogP contribution in [-0.4, -0.2) is 55.7 Å². The van der Waals surface area contributed by atoms with Crippen LogP contribution in [0.25, 0.3) is 0 Å². The summed E-state index contributed by atoms with van der Waals surface area (Å²) in [5.41, 5.74) is 4.86. The molecule has 0 saturated carbocycles. The summed E-state index contributed by atoms with van der Waals surface area (Å²) < 4.78 is 4.75. The smallest absolute Gasteiger partial charge is 0.326 e. The van der Waals surface area contributed by atoms with Crippen molar-refractivity contribution in [3.05, 3.63) is 0 Å². The maximum atomic E-state index is 11.3. The zero-order valence-corrected chi connectivity index (χ0v) is 9.56. The van der Waals surface area contributed by atoms with E-state index < -0.39 is 30.2 Å². The highest BCUT2D eigenvalue weighted by atomic mass is 16.5. The fraction of sp³-hybridized carbons (Fsp3) is 0.667. The number of ether oxygens (including phenoxy) is 1. The summed E-state index contributed by atoms with van der Waals surface area (Å²) in [6.07, 6.45) is -0.431. The van der Waals surface area contributed by atoms with Crippen LogP contribution in [0.5, 0.6) is 0 Å². The number of nitrogens with two attached hydrogens (primary N) is 1. The number of amides is 2. The zero-order chi connectivity index (χ0) is 13.3. The van der Waals surface area contributed by atoms with E-state index in [9.17, 15) is 14.4 Å². The first-order valence-corrected chi connectivity index (χ1v) is 4.97. The summed E-state index contributed by atoms with van der Waals surface area (Å²) in [6.45, 7) is 0.861. The number of carboxylic acids is 1. The monoisotopic (exact) mass is 247 g/mol. The molecule has 1 unspecified atom stereocenters. The van der Waals surface area contributed by atoms with Gasteiger partial charge in [-0.2, -0.15) is 0 Å². The number of carboxylic acid groups (broad SMARTS) is 1. The SMILES string of the molecule is COCCNCC(=O)NC(CC(N)=O)C(=O)O. The number of nitrogens with one attached hydrogen (secondary N) is 2. The molecule has 0 spiro atoms. The number of carbonyl (C=O) groups excluding carboxylic acids is 2. The molecule has 2 amide bonds. The lowest BCUT2D eigenvalue weighted by molar-refractivity contribution is -0.143. The van der Waals surface area contributed by atoms with Crippen LogP contribution in [0.3, 0.4) is 0 Å². The van der Waals surface area contributed by atoms with Gasteiger partial charge in [-0.05, 0) is 0 Å². The highest BCUT2D eigenvalue weighted by Crippen LogP contribution is 1.91. The first kappa shape index (κ1) is 15.3. The molecule has 8 nitrogen and oxygen atoms in total. The quantitative estimate of drug-likeness (QED) is 0.338. The molecule has 98 valence electrons. The van der Waals surface area contributed by atoms with Gasteiger partial charge in [0.05, 0.1) is 19.6 Å². The minimum absolute atomic E-state index is 0.0497. The van der Waals surface area contributed by atoms with Crippen molar-refractivity contribution in [1.29, 1.82) is 0 Å². The lowest BCUT2D eigenvalue weighted by atomic mass is 10.2. The molecule has 0 aromatic carbocycles. The number of primary amides is 1. The molecule has 5 N–H and O–H groups in total. The predicted molar refractivity (Wildman–Crippen MR) is 58.1 cm³/mol. The molecule has 0 aromatic rings. The van der Waals surface area contributed by atoms with Crippen molar-refractivity contribution < 1.29 is 24.2 Å². The zero-order valence-electron chi connectivity index (χ0n) is 9.56. The summed E-state index contributed by atoms with van der Waals surface area (Å²) >= 11 is 0. The van der Waals surface area contributed by atoms with Crippen molar-refractivity contribution in [3.8, 4) is 0 Å². The van der Waals surface area contributed by atoms with Crippen molar-refractivity contribution in [2.45, 2.75) is 12.5 Å². The lowest BCUT2D eigenvalue weighted by Crippen LogP contribution is -2.46. The number of aliphatic carboxylic acids is 1. The predicted octanol–water partition coefficient (Wildman–Crippen LogP) is -2.33. The molecule has 17 heavy (non-hydrogen) atoms. The Labute approximate surface area is 98.5 Å². The van der Waals surface area contributed by atoms with Crippen molar-refractivity contribution in [1.82, 2.24) is 10.6 Å². The van der Waals surface area contributed by atoms with Crippen LogP contribution in [0.4, 0.5) is 0 Å². The minimum atomic E-state index is -1.30. The van der Waals surface area contributed by atoms with Gasteiger partial charge >= 0.3 is 5.97 Å². The van der Waals surface area contributed by atoms with Gasteiger partial charge in [-0.25, -0.2) is 4.79 Å². The molecule has 1 atom stereocenters. The molecule has 0 aromatic heterocycles. The summed E-state index contributed by atoms with van der Waals surface area (Å²) in [5, 5.41) is 13.6. The first-order chi connectivity index (χ1) is 7.97. The Balaban J connectivity index is 3.96. The van der Waals surface area contributed by atoms with Crippen LogP contribution < -0.4 is 16.4 Å². The molecule has 0 aliphatic carbocycles. The normalized spacial score (nSPS) is 11.8. The Morgan fingerprint density at radius 2 is 2.06 bits per heavy atom. The van der Waals surface area contributed by atoms with Gasteiger partial charge in [-0.3, -0.25) is 9.59 Å². The highest BCUT2D eigenvalue weighted by Gasteiger charge is 2.21. The van der Waals surface area contributed by atoms with Gasteiger partial charge in [0, 0.05) is 13.7 Å². The number of methoxy groups -OCH3 is 1. The second kappa shape index (κ2) is 8.48. The Hall–Kier alpha value is -1.67. The van der Waals surface area contributed by atoms with Gasteiger partial charge < -0.3 is 26.2 Å². The third-order valence-electron chi connectivity index (χ3n) is 1.81. The molecule has 0 saturated heterocycles. The Kier molecular flexibility index (Phi) is 7.65. The molecule has 0 heterocycles. The largest absolute Gasteiger partial charge is 0.480 e. The van der Waals surface area contributed by atoms with Crippen LogP contribution in [0.1, 0.15) is 6.42 Å². The fourth-order valence-electron chi connectivity index (χ4n) is 1.02. The second-order valence-corrected chi connectivity index (χ2v) is 3.30. The average Bonchev–Trinajstić information content (AvgIpc) is 2.22. The Morgan fingerprint density at radius 1 is 1.41 bits per heavy atom. The van der Waals surface area contributed by atoms with E-state index in [0.29, 0.717) is 13.2 Å². The van der Waals surface area contributed by atoms with Gasteiger partial charge in [-0.15, -0.1) is 0 Å². The molecule has 0 radical (unpaired) electrons. The summed E-state index contributed by atoms with van der Waals surface area (Å²) in [6, 6.07) is -1.29. The maximum absolute atomic E-state index is 11.3. The van der Waals surface area contributed by atoms with E-state index >= 15 is 0 Å².